The van der Waals surface area contributed by atoms with Gasteiger partial charge >= 0.3 is 0 Å². The van der Waals surface area contributed by atoms with E-state index >= 15 is 0 Å². The SMILES string of the molecule is CCC(C)C1C(=O)Nc2ccccc2CN1C(=O)c1ncn[nH]1. The summed E-state index contributed by atoms with van der Waals surface area (Å²) in [6, 6.07) is 6.97. The number of H-pyrrole nitrogens is 1. The molecule has 120 valence electrons. The number of hydrogen-bond acceptors (Lipinski definition) is 4. The number of nitrogens with zero attached hydrogens (tertiary/aromatic N) is 3. The van der Waals surface area contributed by atoms with Gasteiger partial charge in [-0.15, -0.1) is 0 Å². The summed E-state index contributed by atoms with van der Waals surface area (Å²) in [5, 5.41) is 9.26. The quantitative estimate of drug-likeness (QED) is 0.904. The maximum Gasteiger partial charge on any atom is 0.292 e. The maximum absolute atomic E-state index is 12.8. The van der Waals surface area contributed by atoms with E-state index in [1.165, 1.54) is 6.33 Å². The highest BCUT2D eigenvalue weighted by atomic mass is 16.2. The van der Waals surface area contributed by atoms with Crippen LogP contribution in [0.5, 0.6) is 0 Å². The van der Waals surface area contributed by atoms with E-state index in [4.69, 9.17) is 0 Å². The van der Waals surface area contributed by atoms with Crippen LogP contribution in [-0.2, 0) is 11.3 Å². The monoisotopic (exact) mass is 313 g/mol. The summed E-state index contributed by atoms with van der Waals surface area (Å²) in [4.78, 5) is 31.0. The third kappa shape index (κ3) is 2.81. The summed E-state index contributed by atoms with van der Waals surface area (Å²) in [6.07, 6.45) is 2.08. The fourth-order valence-electron chi connectivity index (χ4n) is 2.84. The lowest BCUT2D eigenvalue weighted by atomic mass is 9.96. The predicted molar refractivity (Wildman–Crippen MR) is 84.6 cm³/mol. The summed E-state index contributed by atoms with van der Waals surface area (Å²) in [5.41, 5.74) is 1.65. The van der Waals surface area contributed by atoms with Crippen LogP contribution in [0.3, 0.4) is 0 Å². The van der Waals surface area contributed by atoms with Gasteiger partial charge in [0.05, 0.1) is 0 Å². The van der Waals surface area contributed by atoms with Crippen molar-refractivity contribution in [2.45, 2.75) is 32.9 Å². The average molecular weight is 313 g/mol. The molecule has 2 N–H and O–H groups in total. The second-order valence-corrected chi connectivity index (χ2v) is 5.74. The smallest absolute Gasteiger partial charge is 0.292 e. The van der Waals surface area contributed by atoms with Crippen molar-refractivity contribution in [1.82, 2.24) is 20.1 Å². The van der Waals surface area contributed by atoms with Crippen molar-refractivity contribution in [3.63, 3.8) is 0 Å². The highest BCUT2D eigenvalue weighted by Gasteiger charge is 2.37. The van der Waals surface area contributed by atoms with Crippen molar-refractivity contribution in [3.8, 4) is 0 Å². The molecule has 2 atom stereocenters. The zero-order chi connectivity index (χ0) is 16.4. The van der Waals surface area contributed by atoms with Gasteiger partial charge in [0.1, 0.15) is 12.4 Å². The van der Waals surface area contributed by atoms with Gasteiger partial charge in [0.15, 0.2) is 0 Å². The molecule has 2 amide bonds. The first-order valence-corrected chi connectivity index (χ1v) is 7.67. The summed E-state index contributed by atoms with van der Waals surface area (Å²) < 4.78 is 0. The Hall–Kier alpha value is -2.70. The number of hydrogen-bond donors (Lipinski definition) is 2. The molecule has 0 fully saturated rings. The van der Waals surface area contributed by atoms with Crippen molar-refractivity contribution in [2.75, 3.05) is 5.32 Å². The Morgan fingerprint density at radius 1 is 1.43 bits per heavy atom. The molecule has 0 spiro atoms. The number of carbonyl (C=O) groups is 2. The largest absolute Gasteiger partial charge is 0.324 e. The second-order valence-electron chi connectivity index (χ2n) is 5.74. The first-order valence-electron chi connectivity index (χ1n) is 7.67. The zero-order valence-electron chi connectivity index (χ0n) is 13.1. The Bertz CT molecular complexity index is 713. The number of nitrogens with one attached hydrogen (secondary N) is 2. The lowest BCUT2D eigenvalue weighted by Crippen LogP contribution is -2.49. The Kier molecular flexibility index (Phi) is 4.10. The van der Waals surface area contributed by atoms with Gasteiger partial charge in [-0.1, -0.05) is 38.5 Å². The molecular formula is C16H19N5O2. The third-order valence-electron chi connectivity index (χ3n) is 4.28. The van der Waals surface area contributed by atoms with Gasteiger partial charge in [-0.3, -0.25) is 14.7 Å². The number of benzene rings is 1. The fourth-order valence-corrected chi connectivity index (χ4v) is 2.84. The van der Waals surface area contributed by atoms with Crippen LogP contribution in [0.15, 0.2) is 30.6 Å². The van der Waals surface area contributed by atoms with Crippen LogP contribution in [0.25, 0.3) is 0 Å². The standard InChI is InChI=1S/C16H19N5O2/c1-3-10(2)13-15(22)19-12-7-5-4-6-11(12)8-21(13)16(23)14-17-9-18-20-14/h4-7,9-10,13H,3,8H2,1-2H3,(H,19,22)(H,17,18,20). The predicted octanol–water partition coefficient (Wildman–Crippen LogP) is 1.81. The second kappa shape index (κ2) is 6.20. The fraction of sp³-hybridized carbons (Fsp3) is 0.375. The number of para-hydroxylation sites is 1. The zero-order valence-corrected chi connectivity index (χ0v) is 13.1. The Morgan fingerprint density at radius 2 is 2.22 bits per heavy atom. The minimum atomic E-state index is -0.551. The molecule has 2 aromatic rings. The van der Waals surface area contributed by atoms with Crippen molar-refractivity contribution in [3.05, 3.63) is 42.0 Å². The molecule has 3 rings (SSSR count). The lowest BCUT2D eigenvalue weighted by Gasteiger charge is -2.31. The molecule has 1 aliphatic rings. The minimum Gasteiger partial charge on any atom is -0.324 e. The lowest BCUT2D eigenvalue weighted by molar-refractivity contribution is -0.122. The van der Waals surface area contributed by atoms with Crippen LogP contribution in [0.1, 0.15) is 36.5 Å². The normalized spacial score (nSPS) is 18.8. The summed E-state index contributed by atoms with van der Waals surface area (Å²) in [5.74, 6) is -0.321. The number of anilines is 1. The molecule has 1 aromatic carbocycles. The number of aromatic nitrogens is 3. The molecule has 0 radical (unpaired) electrons. The van der Waals surface area contributed by atoms with Gasteiger partial charge in [-0.2, -0.15) is 5.10 Å². The Balaban J connectivity index is 2.03. The van der Waals surface area contributed by atoms with Crippen molar-refractivity contribution >= 4 is 17.5 Å². The molecule has 0 aliphatic carbocycles. The Labute approximate surface area is 134 Å². The maximum atomic E-state index is 12.8. The van der Waals surface area contributed by atoms with Gasteiger partial charge in [0.2, 0.25) is 11.7 Å². The highest BCUT2D eigenvalue weighted by Crippen LogP contribution is 2.27. The van der Waals surface area contributed by atoms with Crippen molar-refractivity contribution in [2.24, 2.45) is 5.92 Å². The number of rotatable bonds is 3. The Morgan fingerprint density at radius 3 is 2.91 bits per heavy atom. The minimum absolute atomic E-state index is 0.0242. The molecule has 0 saturated heterocycles. The molecule has 7 nitrogen and oxygen atoms in total. The molecule has 2 heterocycles. The van der Waals surface area contributed by atoms with Gasteiger partial charge in [-0.25, -0.2) is 4.98 Å². The van der Waals surface area contributed by atoms with Gasteiger partial charge in [0, 0.05) is 12.2 Å². The van der Waals surface area contributed by atoms with E-state index in [1.807, 2.05) is 38.1 Å². The van der Waals surface area contributed by atoms with E-state index in [0.29, 0.717) is 6.54 Å². The van der Waals surface area contributed by atoms with Crippen LogP contribution in [0.2, 0.25) is 0 Å². The molecule has 2 unspecified atom stereocenters. The number of amides is 2. The van der Waals surface area contributed by atoms with Crippen molar-refractivity contribution in [1.29, 1.82) is 0 Å². The van der Waals surface area contributed by atoms with E-state index in [9.17, 15) is 9.59 Å². The molecule has 0 saturated carbocycles. The third-order valence-corrected chi connectivity index (χ3v) is 4.28. The van der Waals surface area contributed by atoms with E-state index in [-0.39, 0.29) is 23.6 Å². The molecule has 1 aliphatic heterocycles. The molecular weight excluding hydrogens is 294 g/mol. The van der Waals surface area contributed by atoms with E-state index in [2.05, 4.69) is 20.5 Å². The average Bonchev–Trinajstić information content (AvgIpc) is 3.04. The van der Waals surface area contributed by atoms with E-state index in [1.54, 1.807) is 4.90 Å². The van der Waals surface area contributed by atoms with Gasteiger partial charge in [-0.05, 0) is 17.5 Å². The summed E-state index contributed by atoms with van der Waals surface area (Å²) in [7, 11) is 0. The topological polar surface area (TPSA) is 91.0 Å². The summed E-state index contributed by atoms with van der Waals surface area (Å²) in [6.45, 7) is 4.33. The van der Waals surface area contributed by atoms with Gasteiger partial charge < -0.3 is 10.2 Å². The molecule has 23 heavy (non-hydrogen) atoms. The van der Waals surface area contributed by atoms with E-state index in [0.717, 1.165) is 17.7 Å². The first kappa shape index (κ1) is 15.2. The van der Waals surface area contributed by atoms with E-state index < -0.39 is 6.04 Å². The molecule has 1 aromatic heterocycles. The molecule has 7 heteroatoms. The van der Waals surface area contributed by atoms with Crippen LogP contribution < -0.4 is 5.32 Å². The van der Waals surface area contributed by atoms with Crippen LogP contribution >= 0.6 is 0 Å². The number of aromatic amines is 1. The first-order chi connectivity index (χ1) is 11.1. The van der Waals surface area contributed by atoms with Crippen LogP contribution in [-0.4, -0.2) is 37.9 Å². The number of fused-ring (bicyclic) bond motifs is 1. The highest BCUT2D eigenvalue weighted by molar-refractivity contribution is 6.01. The number of carbonyl (C=O) groups excluding carboxylic acids is 2. The molecule has 0 bridgehead atoms. The van der Waals surface area contributed by atoms with Crippen molar-refractivity contribution < 1.29 is 9.59 Å². The van der Waals surface area contributed by atoms with Crippen LogP contribution in [0.4, 0.5) is 5.69 Å². The summed E-state index contributed by atoms with van der Waals surface area (Å²) >= 11 is 0. The van der Waals surface area contributed by atoms with Gasteiger partial charge in [0.25, 0.3) is 5.91 Å². The van der Waals surface area contributed by atoms with Crippen LogP contribution in [0, 0.1) is 5.92 Å².